The Bertz CT molecular complexity index is 659. The molecule has 2 aromatic rings. The van der Waals surface area contributed by atoms with Crippen LogP contribution in [0.5, 0.6) is 0 Å². The molecule has 21 heavy (non-hydrogen) atoms. The predicted octanol–water partition coefficient (Wildman–Crippen LogP) is 2.15. The van der Waals surface area contributed by atoms with Crippen molar-refractivity contribution < 1.29 is 14.6 Å². The molecule has 5 heteroatoms. The highest BCUT2D eigenvalue weighted by Crippen LogP contribution is 2.49. The summed E-state index contributed by atoms with van der Waals surface area (Å²) in [7, 11) is 0. The Morgan fingerprint density at radius 2 is 2.33 bits per heavy atom. The zero-order valence-corrected chi connectivity index (χ0v) is 11.7. The monoisotopic (exact) mass is 286 g/mol. The molecule has 1 aliphatic carbocycles. The number of carboxylic acid groups (broad SMARTS) is 1. The average molecular weight is 286 g/mol. The standard InChI is InChI=1S/C16H18N2O3/c19-15(20)16(6-8-21-14(16)11-4-5-11)9-12-10-18-7-2-1-3-13(18)17-12/h1-3,7,10-11,14H,4-6,8-9H2,(H,19,20). The van der Waals surface area contributed by atoms with Crippen LogP contribution in [0.25, 0.3) is 5.65 Å². The Morgan fingerprint density at radius 1 is 1.48 bits per heavy atom. The normalized spacial score (nSPS) is 29.0. The fourth-order valence-electron chi connectivity index (χ4n) is 3.54. The third kappa shape index (κ3) is 2.03. The van der Waals surface area contributed by atoms with Crippen LogP contribution >= 0.6 is 0 Å². The van der Waals surface area contributed by atoms with Crippen molar-refractivity contribution in [2.45, 2.75) is 31.8 Å². The van der Waals surface area contributed by atoms with Crippen LogP contribution in [0.2, 0.25) is 0 Å². The first kappa shape index (κ1) is 12.8. The molecule has 0 radical (unpaired) electrons. The lowest BCUT2D eigenvalue weighted by Gasteiger charge is -2.29. The van der Waals surface area contributed by atoms with Gasteiger partial charge in [0.25, 0.3) is 0 Å². The van der Waals surface area contributed by atoms with Crippen molar-refractivity contribution in [2.75, 3.05) is 6.61 Å². The zero-order valence-electron chi connectivity index (χ0n) is 11.7. The molecule has 0 aromatic carbocycles. The van der Waals surface area contributed by atoms with Crippen molar-refractivity contribution in [3.05, 3.63) is 36.3 Å². The fraction of sp³-hybridized carbons (Fsp3) is 0.500. The second-order valence-corrected chi connectivity index (χ2v) is 6.22. The summed E-state index contributed by atoms with van der Waals surface area (Å²) >= 11 is 0. The van der Waals surface area contributed by atoms with E-state index >= 15 is 0 Å². The SMILES string of the molecule is O=C(O)C1(Cc2cn3ccccc3n2)CCOC1C1CC1. The van der Waals surface area contributed by atoms with E-state index in [1.165, 1.54) is 0 Å². The summed E-state index contributed by atoms with van der Waals surface area (Å²) < 4.78 is 7.72. The maximum atomic E-state index is 12.0. The first-order chi connectivity index (χ1) is 10.2. The minimum Gasteiger partial charge on any atom is -0.481 e. The van der Waals surface area contributed by atoms with Gasteiger partial charge in [-0.1, -0.05) is 6.07 Å². The number of carbonyl (C=O) groups is 1. The molecule has 1 saturated carbocycles. The molecule has 1 saturated heterocycles. The lowest BCUT2D eigenvalue weighted by molar-refractivity contribution is -0.153. The van der Waals surface area contributed by atoms with Crippen LogP contribution < -0.4 is 0 Å². The smallest absolute Gasteiger partial charge is 0.312 e. The number of hydrogen-bond donors (Lipinski definition) is 1. The van der Waals surface area contributed by atoms with Gasteiger partial charge in [-0.25, -0.2) is 4.98 Å². The minimum atomic E-state index is -0.806. The van der Waals surface area contributed by atoms with Crippen LogP contribution in [0.4, 0.5) is 0 Å². The van der Waals surface area contributed by atoms with E-state index < -0.39 is 11.4 Å². The van der Waals surface area contributed by atoms with Crippen molar-refractivity contribution >= 4 is 11.6 Å². The molecule has 3 heterocycles. The number of fused-ring (bicyclic) bond motifs is 1. The Kier molecular flexibility index (Phi) is 2.79. The average Bonchev–Trinajstić information content (AvgIpc) is 3.08. The molecule has 4 rings (SSSR count). The van der Waals surface area contributed by atoms with Crippen LogP contribution in [0.1, 0.15) is 25.0 Å². The van der Waals surface area contributed by atoms with Crippen LogP contribution in [-0.2, 0) is 16.0 Å². The van der Waals surface area contributed by atoms with Crippen LogP contribution in [0.3, 0.4) is 0 Å². The highest BCUT2D eigenvalue weighted by Gasteiger charge is 2.56. The molecule has 2 atom stereocenters. The molecular weight excluding hydrogens is 268 g/mol. The van der Waals surface area contributed by atoms with Gasteiger partial charge in [-0.15, -0.1) is 0 Å². The molecule has 2 aromatic heterocycles. The second kappa shape index (κ2) is 4.56. The van der Waals surface area contributed by atoms with E-state index in [9.17, 15) is 9.90 Å². The summed E-state index contributed by atoms with van der Waals surface area (Å²) in [6.07, 6.45) is 6.92. The van der Waals surface area contributed by atoms with Crippen LogP contribution in [0.15, 0.2) is 30.6 Å². The number of pyridine rings is 1. The van der Waals surface area contributed by atoms with Crippen LogP contribution in [-0.4, -0.2) is 33.2 Å². The maximum Gasteiger partial charge on any atom is 0.312 e. The molecule has 110 valence electrons. The zero-order chi connectivity index (χ0) is 14.4. The molecule has 0 spiro atoms. The number of aromatic nitrogens is 2. The van der Waals surface area contributed by atoms with Gasteiger partial charge in [0, 0.05) is 25.4 Å². The molecule has 0 amide bonds. The van der Waals surface area contributed by atoms with E-state index in [0.717, 1.165) is 24.2 Å². The fourth-order valence-corrected chi connectivity index (χ4v) is 3.54. The van der Waals surface area contributed by atoms with Crippen molar-refractivity contribution in [1.82, 2.24) is 9.38 Å². The summed E-state index contributed by atoms with van der Waals surface area (Å²) in [5.74, 6) is -0.324. The van der Waals surface area contributed by atoms with Gasteiger partial charge in [0.05, 0.1) is 11.8 Å². The maximum absolute atomic E-state index is 12.0. The summed E-state index contributed by atoms with van der Waals surface area (Å²) in [4.78, 5) is 16.5. The number of rotatable bonds is 4. The number of nitrogens with zero attached hydrogens (tertiary/aromatic N) is 2. The van der Waals surface area contributed by atoms with Crippen molar-refractivity contribution in [1.29, 1.82) is 0 Å². The third-order valence-corrected chi connectivity index (χ3v) is 4.78. The summed E-state index contributed by atoms with van der Waals surface area (Å²) in [5.41, 5.74) is 0.883. The lowest BCUT2D eigenvalue weighted by atomic mass is 9.75. The molecule has 1 N–H and O–H groups in total. The van der Waals surface area contributed by atoms with Crippen molar-refractivity contribution in [2.24, 2.45) is 11.3 Å². The summed E-state index contributed by atoms with van der Waals surface area (Å²) in [5, 5.41) is 9.83. The van der Waals surface area contributed by atoms with Gasteiger partial charge in [-0.3, -0.25) is 4.79 Å². The van der Waals surface area contributed by atoms with E-state index in [1.54, 1.807) is 0 Å². The van der Waals surface area contributed by atoms with Crippen molar-refractivity contribution in [3.63, 3.8) is 0 Å². The molecule has 5 nitrogen and oxygen atoms in total. The van der Waals surface area contributed by atoms with Gasteiger partial charge in [0.2, 0.25) is 0 Å². The van der Waals surface area contributed by atoms with E-state index in [-0.39, 0.29) is 6.10 Å². The molecule has 2 unspecified atom stereocenters. The number of carboxylic acids is 1. The highest BCUT2D eigenvalue weighted by atomic mass is 16.5. The molecule has 2 fully saturated rings. The van der Waals surface area contributed by atoms with Gasteiger partial charge in [-0.2, -0.15) is 0 Å². The highest BCUT2D eigenvalue weighted by molar-refractivity contribution is 5.76. The number of aliphatic carboxylic acids is 1. The summed E-state index contributed by atoms with van der Waals surface area (Å²) in [6, 6.07) is 5.81. The van der Waals surface area contributed by atoms with E-state index in [2.05, 4.69) is 4.98 Å². The van der Waals surface area contributed by atoms with E-state index in [4.69, 9.17) is 4.74 Å². The first-order valence-corrected chi connectivity index (χ1v) is 7.47. The Hall–Kier alpha value is -1.88. The number of ether oxygens (including phenoxy) is 1. The van der Waals surface area contributed by atoms with Gasteiger partial charge in [0.1, 0.15) is 11.1 Å². The Labute approximate surface area is 122 Å². The topological polar surface area (TPSA) is 63.8 Å². The molecule has 1 aliphatic heterocycles. The van der Waals surface area contributed by atoms with E-state index in [1.807, 2.05) is 35.0 Å². The number of hydrogen-bond acceptors (Lipinski definition) is 3. The first-order valence-electron chi connectivity index (χ1n) is 7.47. The van der Waals surface area contributed by atoms with E-state index in [0.29, 0.717) is 25.4 Å². The van der Waals surface area contributed by atoms with Gasteiger partial charge < -0.3 is 14.2 Å². The van der Waals surface area contributed by atoms with Crippen molar-refractivity contribution in [3.8, 4) is 0 Å². The summed E-state index contributed by atoms with van der Waals surface area (Å²) in [6.45, 7) is 0.542. The van der Waals surface area contributed by atoms with Gasteiger partial charge >= 0.3 is 5.97 Å². The van der Waals surface area contributed by atoms with Gasteiger partial charge in [-0.05, 0) is 37.3 Å². The second-order valence-electron chi connectivity index (χ2n) is 6.22. The number of imidazole rings is 1. The minimum absolute atomic E-state index is 0.153. The third-order valence-electron chi connectivity index (χ3n) is 4.78. The van der Waals surface area contributed by atoms with Gasteiger partial charge in [0.15, 0.2) is 0 Å². The molecular formula is C16H18N2O3. The molecule has 0 bridgehead atoms. The largest absolute Gasteiger partial charge is 0.481 e. The van der Waals surface area contributed by atoms with Crippen LogP contribution in [0, 0.1) is 11.3 Å². The predicted molar refractivity (Wildman–Crippen MR) is 76.0 cm³/mol. The quantitative estimate of drug-likeness (QED) is 0.935. The molecule has 2 aliphatic rings. The lowest BCUT2D eigenvalue weighted by Crippen LogP contribution is -2.42. The Balaban J connectivity index is 1.69. The Morgan fingerprint density at radius 3 is 3.05 bits per heavy atom.